The zero-order valence-electron chi connectivity index (χ0n) is 10.7. The molecule has 1 aliphatic rings. The molecule has 0 amide bonds. The lowest BCUT2D eigenvalue weighted by molar-refractivity contribution is 0.219. The van der Waals surface area contributed by atoms with E-state index in [0.29, 0.717) is 11.8 Å². The van der Waals surface area contributed by atoms with Crippen molar-refractivity contribution in [3.05, 3.63) is 22.6 Å². The third-order valence-corrected chi connectivity index (χ3v) is 4.55. The van der Waals surface area contributed by atoms with Gasteiger partial charge in [0.15, 0.2) is 0 Å². The molecule has 1 aromatic heterocycles. The van der Waals surface area contributed by atoms with Gasteiger partial charge < -0.3 is 9.73 Å². The van der Waals surface area contributed by atoms with E-state index in [1.807, 2.05) is 6.07 Å². The van der Waals surface area contributed by atoms with Crippen LogP contribution in [0.1, 0.15) is 44.8 Å². The summed E-state index contributed by atoms with van der Waals surface area (Å²) in [6, 6.07) is 2.01. The van der Waals surface area contributed by atoms with Crippen LogP contribution in [0.15, 0.2) is 21.2 Å². The van der Waals surface area contributed by atoms with E-state index >= 15 is 0 Å². The molecule has 3 heteroatoms. The largest absolute Gasteiger partial charge is 0.468 e. The molecule has 1 fully saturated rings. The van der Waals surface area contributed by atoms with Crippen molar-refractivity contribution in [2.45, 2.75) is 39.0 Å². The van der Waals surface area contributed by atoms with Crippen LogP contribution in [0.5, 0.6) is 0 Å². The molecule has 96 valence electrons. The molecule has 0 aliphatic heterocycles. The average molecular weight is 300 g/mol. The fourth-order valence-corrected chi connectivity index (χ4v) is 3.40. The van der Waals surface area contributed by atoms with Gasteiger partial charge in [-0.15, -0.1) is 0 Å². The van der Waals surface area contributed by atoms with Crippen molar-refractivity contribution in [2.24, 2.45) is 11.8 Å². The van der Waals surface area contributed by atoms with E-state index < -0.39 is 0 Å². The van der Waals surface area contributed by atoms with E-state index in [-0.39, 0.29) is 0 Å². The molecule has 0 saturated heterocycles. The van der Waals surface area contributed by atoms with Gasteiger partial charge in [-0.25, -0.2) is 0 Å². The molecule has 0 aromatic carbocycles. The second kappa shape index (κ2) is 6.05. The van der Waals surface area contributed by atoms with E-state index in [1.165, 1.54) is 19.3 Å². The molecule has 3 unspecified atom stereocenters. The molecule has 0 radical (unpaired) electrons. The molecule has 1 saturated carbocycles. The zero-order valence-corrected chi connectivity index (χ0v) is 12.3. The lowest BCUT2D eigenvalue weighted by Gasteiger charge is -2.34. The Balaban J connectivity index is 2.11. The molecular formula is C14H22BrNO. The number of rotatable bonds is 4. The third-order valence-electron chi connectivity index (χ3n) is 3.89. The van der Waals surface area contributed by atoms with Crippen molar-refractivity contribution >= 4 is 15.9 Å². The maximum absolute atomic E-state index is 5.69. The highest BCUT2D eigenvalue weighted by molar-refractivity contribution is 9.10. The molecule has 1 N–H and O–H groups in total. The van der Waals surface area contributed by atoms with Crippen LogP contribution in [0, 0.1) is 11.8 Å². The van der Waals surface area contributed by atoms with Gasteiger partial charge in [-0.05, 0) is 59.8 Å². The smallest absolute Gasteiger partial charge is 0.121 e. The first-order valence-corrected chi connectivity index (χ1v) is 7.45. The van der Waals surface area contributed by atoms with Crippen molar-refractivity contribution in [3.8, 4) is 0 Å². The van der Waals surface area contributed by atoms with Crippen LogP contribution in [-0.4, -0.2) is 13.1 Å². The van der Waals surface area contributed by atoms with Crippen molar-refractivity contribution < 1.29 is 4.42 Å². The van der Waals surface area contributed by atoms with Crippen LogP contribution in [0.25, 0.3) is 0 Å². The first-order valence-electron chi connectivity index (χ1n) is 6.66. The Morgan fingerprint density at radius 3 is 2.94 bits per heavy atom. The summed E-state index contributed by atoms with van der Waals surface area (Å²) in [5, 5.41) is 3.49. The molecule has 2 rings (SSSR count). The van der Waals surface area contributed by atoms with Gasteiger partial charge in [0.2, 0.25) is 0 Å². The van der Waals surface area contributed by atoms with E-state index in [0.717, 1.165) is 29.2 Å². The molecular weight excluding hydrogens is 278 g/mol. The first-order chi connectivity index (χ1) is 8.22. The van der Waals surface area contributed by atoms with Crippen molar-refractivity contribution in [2.75, 3.05) is 13.1 Å². The van der Waals surface area contributed by atoms with Crippen molar-refractivity contribution in [1.82, 2.24) is 5.32 Å². The van der Waals surface area contributed by atoms with E-state index in [4.69, 9.17) is 4.42 Å². The van der Waals surface area contributed by atoms with Crippen LogP contribution in [0.2, 0.25) is 0 Å². The highest BCUT2D eigenvalue weighted by Gasteiger charge is 2.32. The van der Waals surface area contributed by atoms with E-state index in [2.05, 4.69) is 35.1 Å². The lowest BCUT2D eigenvalue weighted by atomic mass is 9.73. The predicted octanol–water partition coefficient (Wildman–Crippen LogP) is 4.17. The number of nitrogens with one attached hydrogen (secondary N) is 1. The molecule has 0 bridgehead atoms. The minimum Gasteiger partial charge on any atom is -0.468 e. The Kier molecular flexibility index (Phi) is 4.69. The molecule has 0 spiro atoms. The average Bonchev–Trinajstić information content (AvgIpc) is 2.74. The van der Waals surface area contributed by atoms with Crippen LogP contribution < -0.4 is 5.32 Å². The number of hydrogen-bond acceptors (Lipinski definition) is 2. The van der Waals surface area contributed by atoms with Crippen LogP contribution in [0.3, 0.4) is 0 Å². The van der Waals surface area contributed by atoms with E-state index in [1.54, 1.807) is 6.26 Å². The van der Waals surface area contributed by atoms with Gasteiger partial charge in [0, 0.05) is 5.92 Å². The summed E-state index contributed by atoms with van der Waals surface area (Å²) in [6.07, 6.45) is 5.71. The first kappa shape index (κ1) is 13.2. The summed E-state index contributed by atoms with van der Waals surface area (Å²) in [5.41, 5.74) is 0. The quantitative estimate of drug-likeness (QED) is 0.902. The van der Waals surface area contributed by atoms with Gasteiger partial charge in [0.05, 0.1) is 10.7 Å². The standard InChI is InChI=1S/C14H22BrNO/c1-3-16-9-11-5-4-10(2)8-12(11)14-13(15)6-7-17-14/h6-7,10-12,16H,3-5,8-9H2,1-2H3. The Morgan fingerprint density at radius 2 is 2.29 bits per heavy atom. The van der Waals surface area contributed by atoms with Gasteiger partial charge in [0.1, 0.15) is 5.76 Å². The van der Waals surface area contributed by atoms with Crippen LogP contribution in [0.4, 0.5) is 0 Å². The topological polar surface area (TPSA) is 25.2 Å². The van der Waals surface area contributed by atoms with Crippen LogP contribution in [-0.2, 0) is 0 Å². The molecule has 1 heterocycles. The van der Waals surface area contributed by atoms with Crippen LogP contribution >= 0.6 is 15.9 Å². The Labute approximate surface area is 112 Å². The Morgan fingerprint density at radius 1 is 1.47 bits per heavy atom. The second-order valence-corrected chi connectivity index (χ2v) is 6.08. The summed E-state index contributed by atoms with van der Waals surface area (Å²) in [5.74, 6) is 3.25. The highest BCUT2D eigenvalue weighted by Crippen LogP contribution is 2.42. The fourth-order valence-electron chi connectivity index (χ4n) is 2.91. The molecule has 1 aromatic rings. The summed E-state index contributed by atoms with van der Waals surface area (Å²) >= 11 is 3.60. The Hall–Kier alpha value is -0.280. The van der Waals surface area contributed by atoms with Crippen molar-refractivity contribution in [3.63, 3.8) is 0 Å². The number of furan rings is 1. The lowest BCUT2D eigenvalue weighted by Crippen LogP contribution is -2.31. The minimum atomic E-state index is 0.571. The third kappa shape index (κ3) is 3.14. The second-order valence-electron chi connectivity index (χ2n) is 5.23. The van der Waals surface area contributed by atoms with Gasteiger partial charge in [-0.3, -0.25) is 0 Å². The van der Waals surface area contributed by atoms with Crippen molar-refractivity contribution in [1.29, 1.82) is 0 Å². The maximum atomic E-state index is 5.69. The summed E-state index contributed by atoms with van der Waals surface area (Å²) < 4.78 is 6.82. The fraction of sp³-hybridized carbons (Fsp3) is 0.714. The number of hydrogen-bond donors (Lipinski definition) is 1. The van der Waals surface area contributed by atoms with Gasteiger partial charge >= 0.3 is 0 Å². The monoisotopic (exact) mass is 299 g/mol. The molecule has 1 aliphatic carbocycles. The molecule has 3 atom stereocenters. The summed E-state index contributed by atoms with van der Waals surface area (Å²) in [4.78, 5) is 0. The van der Waals surface area contributed by atoms with E-state index in [9.17, 15) is 0 Å². The normalized spacial score (nSPS) is 29.5. The van der Waals surface area contributed by atoms with Gasteiger partial charge in [0.25, 0.3) is 0 Å². The number of halogens is 1. The summed E-state index contributed by atoms with van der Waals surface area (Å²) in [6.45, 7) is 6.69. The summed E-state index contributed by atoms with van der Waals surface area (Å²) in [7, 11) is 0. The van der Waals surface area contributed by atoms with Gasteiger partial charge in [-0.2, -0.15) is 0 Å². The zero-order chi connectivity index (χ0) is 12.3. The highest BCUT2D eigenvalue weighted by atomic mass is 79.9. The molecule has 2 nitrogen and oxygen atoms in total. The Bertz CT molecular complexity index is 348. The minimum absolute atomic E-state index is 0.571. The van der Waals surface area contributed by atoms with Gasteiger partial charge in [-0.1, -0.05) is 20.3 Å². The maximum Gasteiger partial charge on any atom is 0.121 e. The molecule has 17 heavy (non-hydrogen) atoms. The predicted molar refractivity (Wildman–Crippen MR) is 74.2 cm³/mol. The SMILES string of the molecule is CCNCC1CCC(C)CC1c1occc1Br.